The van der Waals surface area contributed by atoms with E-state index < -0.39 is 11.6 Å². The molecule has 3 rings (SSSR count). The lowest BCUT2D eigenvalue weighted by Gasteiger charge is -2.29. The van der Waals surface area contributed by atoms with Crippen molar-refractivity contribution in [3.05, 3.63) is 52.2 Å². The molecule has 0 aliphatic carbocycles. The van der Waals surface area contributed by atoms with Crippen LogP contribution < -0.4 is 4.90 Å². The van der Waals surface area contributed by atoms with Gasteiger partial charge in [-0.1, -0.05) is 6.07 Å². The monoisotopic (exact) mass is 350 g/mol. The number of halogens is 2. The van der Waals surface area contributed by atoms with Crippen molar-refractivity contribution < 1.29 is 13.6 Å². The average Bonchev–Trinajstić information content (AvgIpc) is 3.25. The van der Waals surface area contributed by atoms with Gasteiger partial charge in [0.1, 0.15) is 0 Å². The first kappa shape index (κ1) is 16.9. The Balaban J connectivity index is 1.73. The van der Waals surface area contributed by atoms with Crippen LogP contribution in [0.5, 0.6) is 0 Å². The summed E-state index contributed by atoms with van der Waals surface area (Å²) in [4.78, 5) is 17.7. The maximum absolute atomic E-state index is 13.5. The molecular weight excluding hydrogens is 330 g/mol. The number of hydrogen-bond donors (Lipinski definition) is 0. The molecule has 1 aliphatic rings. The van der Waals surface area contributed by atoms with Gasteiger partial charge in [-0.05, 0) is 43.3 Å². The summed E-state index contributed by atoms with van der Waals surface area (Å²) >= 11 is 1.67. The maximum atomic E-state index is 13.5. The number of benzene rings is 1. The second-order valence-electron chi connectivity index (χ2n) is 5.87. The Bertz CT molecular complexity index is 705. The van der Waals surface area contributed by atoms with Crippen molar-refractivity contribution in [1.29, 1.82) is 0 Å². The predicted octanol–water partition coefficient (Wildman–Crippen LogP) is 4.22. The van der Waals surface area contributed by atoms with Crippen LogP contribution in [0.25, 0.3) is 0 Å². The highest BCUT2D eigenvalue weighted by molar-refractivity contribution is 7.10. The van der Waals surface area contributed by atoms with Gasteiger partial charge < -0.3 is 9.80 Å². The zero-order valence-electron chi connectivity index (χ0n) is 13.5. The molecule has 2 heterocycles. The Morgan fingerprint density at radius 1 is 1.33 bits per heavy atom. The summed E-state index contributed by atoms with van der Waals surface area (Å²) in [6.07, 6.45) is 1.97. The summed E-state index contributed by atoms with van der Waals surface area (Å²) < 4.78 is 26.6. The van der Waals surface area contributed by atoms with E-state index in [1.807, 2.05) is 23.3 Å². The molecular formula is C18H20F2N2OS. The van der Waals surface area contributed by atoms with E-state index in [0.29, 0.717) is 12.2 Å². The van der Waals surface area contributed by atoms with Crippen LogP contribution >= 0.6 is 11.3 Å². The van der Waals surface area contributed by atoms with Crippen molar-refractivity contribution in [2.24, 2.45) is 0 Å². The molecule has 1 unspecified atom stereocenters. The summed E-state index contributed by atoms with van der Waals surface area (Å²) in [7, 11) is 0. The standard InChI is InChI=1S/C18H20F2N2OS/c1-2-21(13-7-8-14(19)15(20)11-13)12-18(23)22-9-3-5-16(22)17-6-4-10-24-17/h4,6-8,10-11,16H,2-3,5,9,12H2,1H3. The molecule has 1 fully saturated rings. The largest absolute Gasteiger partial charge is 0.362 e. The van der Waals surface area contributed by atoms with Crippen molar-refractivity contribution in [3.63, 3.8) is 0 Å². The fourth-order valence-electron chi connectivity index (χ4n) is 3.16. The van der Waals surface area contributed by atoms with E-state index in [9.17, 15) is 13.6 Å². The first-order chi connectivity index (χ1) is 11.6. The smallest absolute Gasteiger partial charge is 0.242 e. The summed E-state index contributed by atoms with van der Waals surface area (Å²) in [5, 5.41) is 2.02. The molecule has 128 valence electrons. The van der Waals surface area contributed by atoms with Gasteiger partial charge in [-0.15, -0.1) is 11.3 Å². The highest BCUT2D eigenvalue weighted by Gasteiger charge is 2.31. The molecule has 0 spiro atoms. The minimum Gasteiger partial charge on any atom is -0.362 e. The van der Waals surface area contributed by atoms with Crippen LogP contribution in [0, 0.1) is 11.6 Å². The number of amides is 1. The van der Waals surface area contributed by atoms with Crippen LogP contribution in [0.2, 0.25) is 0 Å². The molecule has 1 aliphatic heterocycles. The van der Waals surface area contributed by atoms with Gasteiger partial charge in [0.05, 0.1) is 12.6 Å². The first-order valence-electron chi connectivity index (χ1n) is 8.13. The fourth-order valence-corrected chi connectivity index (χ4v) is 4.04. The van der Waals surface area contributed by atoms with Gasteiger partial charge in [0.25, 0.3) is 0 Å². The van der Waals surface area contributed by atoms with Crippen LogP contribution in [0.1, 0.15) is 30.7 Å². The zero-order chi connectivity index (χ0) is 17.1. The van der Waals surface area contributed by atoms with Crippen LogP contribution in [-0.4, -0.2) is 30.4 Å². The number of carbonyl (C=O) groups is 1. The second kappa shape index (κ2) is 7.30. The molecule has 6 heteroatoms. The number of anilines is 1. The van der Waals surface area contributed by atoms with Crippen molar-refractivity contribution in [1.82, 2.24) is 4.90 Å². The van der Waals surface area contributed by atoms with Crippen molar-refractivity contribution >= 4 is 22.9 Å². The van der Waals surface area contributed by atoms with E-state index in [2.05, 4.69) is 6.07 Å². The van der Waals surface area contributed by atoms with Crippen molar-refractivity contribution in [3.8, 4) is 0 Å². The summed E-state index contributed by atoms with van der Waals surface area (Å²) in [6, 6.07) is 7.96. The summed E-state index contributed by atoms with van der Waals surface area (Å²) in [6.45, 7) is 3.36. The van der Waals surface area contributed by atoms with Gasteiger partial charge in [0.15, 0.2) is 11.6 Å². The molecule has 0 N–H and O–H groups in total. The molecule has 1 aromatic heterocycles. The predicted molar refractivity (Wildman–Crippen MR) is 92.3 cm³/mol. The highest BCUT2D eigenvalue weighted by atomic mass is 32.1. The average molecular weight is 350 g/mol. The zero-order valence-corrected chi connectivity index (χ0v) is 14.4. The van der Waals surface area contributed by atoms with Crippen LogP contribution in [-0.2, 0) is 4.79 Å². The Morgan fingerprint density at radius 3 is 2.83 bits per heavy atom. The van der Waals surface area contributed by atoms with E-state index >= 15 is 0 Å². The number of thiophene rings is 1. The second-order valence-corrected chi connectivity index (χ2v) is 6.85. The first-order valence-corrected chi connectivity index (χ1v) is 9.01. The number of hydrogen-bond acceptors (Lipinski definition) is 3. The highest BCUT2D eigenvalue weighted by Crippen LogP contribution is 2.34. The van der Waals surface area contributed by atoms with Crippen molar-refractivity contribution in [2.75, 3.05) is 24.5 Å². The Labute approximate surface area is 144 Å². The molecule has 0 saturated carbocycles. The fraction of sp³-hybridized carbons (Fsp3) is 0.389. The lowest BCUT2D eigenvalue weighted by atomic mass is 10.2. The topological polar surface area (TPSA) is 23.6 Å². The molecule has 2 aromatic rings. The molecule has 3 nitrogen and oxygen atoms in total. The molecule has 1 aromatic carbocycles. The lowest BCUT2D eigenvalue weighted by Crippen LogP contribution is -2.40. The lowest BCUT2D eigenvalue weighted by molar-refractivity contribution is -0.130. The Kier molecular flexibility index (Phi) is 5.14. The number of likely N-dealkylation sites (tertiary alicyclic amines) is 1. The summed E-state index contributed by atoms with van der Waals surface area (Å²) in [5.74, 6) is -1.74. The van der Waals surface area contributed by atoms with E-state index in [1.54, 1.807) is 16.2 Å². The minimum atomic E-state index is -0.893. The molecule has 0 bridgehead atoms. The third kappa shape index (κ3) is 3.43. The normalized spacial score (nSPS) is 17.3. The van der Waals surface area contributed by atoms with Gasteiger partial charge in [-0.2, -0.15) is 0 Å². The Morgan fingerprint density at radius 2 is 2.17 bits per heavy atom. The number of likely N-dealkylation sites (N-methyl/N-ethyl adjacent to an activating group) is 1. The minimum absolute atomic E-state index is 0.0254. The van der Waals surface area contributed by atoms with Crippen LogP contribution in [0.4, 0.5) is 14.5 Å². The van der Waals surface area contributed by atoms with Crippen molar-refractivity contribution in [2.45, 2.75) is 25.8 Å². The van der Waals surface area contributed by atoms with Crippen LogP contribution in [0.3, 0.4) is 0 Å². The van der Waals surface area contributed by atoms with E-state index in [4.69, 9.17) is 0 Å². The molecule has 1 amide bonds. The SMILES string of the molecule is CCN(CC(=O)N1CCCC1c1cccs1)c1ccc(F)c(F)c1. The quantitative estimate of drug-likeness (QED) is 0.806. The molecule has 24 heavy (non-hydrogen) atoms. The van der Waals surface area contributed by atoms with Gasteiger partial charge in [-0.3, -0.25) is 4.79 Å². The molecule has 0 radical (unpaired) electrons. The molecule has 1 saturated heterocycles. The van der Waals surface area contributed by atoms with Gasteiger partial charge >= 0.3 is 0 Å². The van der Waals surface area contributed by atoms with Crippen LogP contribution in [0.15, 0.2) is 35.7 Å². The van der Waals surface area contributed by atoms with Gasteiger partial charge in [0, 0.05) is 29.7 Å². The molecule has 1 atom stereocenters. The van der Waals surface area contributed by atoms with Gasteiger partial charge in [-0.25, -0.2) is 8.78 Å². The summed E-state index contributed by atoms with van der Waals surface area (Å²) in [5.41, 5.74) is 0.525. The van der Waals surface area contributed by atoms with E-state index in [-0.39, 0.29) is 18.5 Å². The Hall–Kier alpha value is -1.95. The maximum Gasteiger partial charge on any atom is 0.242 e. The van der Waals surface area contributed by atoms with E-state index in [0.717, 1.165) is 31.5 Å². The number of rotatable bonds is 5. The number of carbonyl (C=O) groups excluding carboxylic acids is 1. The third-order valence-corrected chi connectivity index (χ3v) is 5.39. The van der Waals surface area contributed by atoms with Gasteiger partial charge in [0.2, 0.25) is 5.91 Å². The van der Waals surface area contributed by atoms with E-state index in [1.165, 1.54) is 10.9 Å². The third-order valence-electron chi connectivity index (χ3n) is 4.42. The number of nitrogens with zero attached hydrogens (tertiary/aromatic N) is 2.